The monoisotopic (exact) mass is 395 g/mol. The molecular weight excluding hydrogens is 374 g/mol. The second-order valence-electron chi connectivity index (χ2n) is 7.13. The maximum Gasteiger partial charge on any atom is 0.311 e. The van der Waals surface area contributed by atoms with Crippen molar-refractivity contribution in [2.24, 2.45) is 5.92 Å². The fourth-order valence-corrected chi connectivity index (χ4v) is 3.58. The number of esters is 1. The first-order valence-electron chi connectivity index (χ1n) is 9.47. The van der Waals surface area contributed by atoms with Crippen LogP contribution in [-0.2, 0) is 14.3 Å². The van der Waals surface area contributed by atoms with Gasteiger partial charge in [-0.25, -0.2) is 0 Å². The van der Waals surface area contributed by atoms with Gasteiger partial charge < -0.3 is 19.1 Å². The van der Waals surface area contributed by atoms with Gasteiger partial charge >= 0.3 is 5.97 Å². The van der Waals surface area contributed by atoms with Crippen molar-refractivity contribution in [2.75, 3.05) is 19.9 Å². The fraction of sp³-hybridized carbons (Fsp3) is 0.318. The van der Waals surface area contributed by atoms with Crippen LogP contribution in [0.4, 0.5) is 0 Å². The van der Waals surface area contributed by atoms with Gasteiger partial charge in [0.25, 0.3) is 0 Å². The summed E-state index contributed by atoms with van der Waals surface area (Å²) in [6, 6.07) is 14.3. The molecule has 2 aromatic carbocycles. The van der Waals surface area contributed by atoms with E-state index in [1.54, 1.807) is 23.1 Å². The molecule has 0 spiro atoms. The Bertz CT molecular complexity index is 942. The quantitative estimate of drug-likeness (QED) is 0.553. The second-order valence-corrected chi connectivity index (χ2v) is 7.13. The molecule has 0 aromatic heterocycles. The van der Waals surface area contributed by atoms with E-state index in [0.29, 0.717) is 17.1 Å². The Morgan fingerprint density at radius 1 is 1.14 bits per heavy atom. The van der Waals surface area contributed by atoms with Gasteiger partial charge in [0.15, 0.2) is 23.9 Å². The lowest BCUT2D eigenvalue weighted by atomic mass is 10.1. The Kier molecular flexibility index (Phi) is 5.20. The number of carbonyl (C=O) groups excluding carboxylic acids is 3. The van der Waals surface area contributed by atoms with Gasteiger partial charge in [-0.05, 0) is 30.7 Å². The van der Waals surface area contributed by atoms with E-state index in [1.807, 2.05) is 37.3 Å². The van der Waals surface area contributed by atoms with Gasteiger partial charge in [-0.3, -0.25) is 14.4 Å². The molecule has 4 rings (SSSR count). The van der Waals surface area contributed by atoms with Crippen molar-refractivity contribution < 1.29 is 28.6 Å². The number of carbonyl (C=O) groups is 3. The molecule has 1 amide bonds. The number of amides is 1. The highest BCUT2D eigenvalue weighted by atomic mass is 16.7. The van der Waals surface area contributed by atoms with Crippen LogP contribution in [0.15, 0.2) is 48.5 Å². The smallest absolute Gasteiger partial charge is 0.311 e. The van der Waals surface area contributed by atoms with Crippen LogP contribution in [0.25, 0.3) is 0 Å². The lowest BCUT2D eigenvalue weighted by molar-refractivity contribution is -0.147. The molecule has 2 aromatic rings. The minimum absolute atomic E-state index is 0.0915. The van der Waals surface area contributed by atoms with E-state index in [0.717, 1.165) is 5.56 Å². The van der Waals surface area contributed by atoms with E-state index in [2.05, 4.69) is 0 Å². The maximum absolute atomic E-state index is 12.4. The maximum atomic E-state index is 12.4. The Morgan fingerprint density at radius 3 is 2.69 bits per heavy atom. The molecule has 7 heteroatoms. The summed E-state index contributed by atoms with van der Waals surface area (Å²) >= 11 is 0. The topological polar surface area (TPSA) is 82.1 Å². The zero-order valence-electron chi connectivity index (χ0n) is 16.0. The number of hydrogen-bond donors (Lipinski definition) is 0. The molecule has 2 heterocycles. The largest absolute Gasteiger partial charge is 0.457 e. The van der Waals surface area contributed by atoms with Gasteiger partial charge in [0, 0.05) is 18.5 Å². The number of rotatable bonds is 6. The second kappa shape index (κ2) is 7.95. The molecule has 2 atom stereocenters. The summed E-state index contributed by atoms with van der Waals surface area (Å²) < 4.78 is 15.7. The molecule has 0 unspecified atom stereocenters. The lowest BCUT2D eigenvalue weighted by Crippen LogP contribution is -2.30. The Morgan fingerprint density at radius 2 is 1.90 bits per heavy atom. The standard InChI is InChI=1S/C22H21NO6/c1-14(15-5-3-2-4-6-15)23-11-17(10-21(23)25)22(26)27-12-18(24)16-7-8-19-20(9-16)29-13-28-19/h2-9,14,17H,10-13H2,1H3/t14-,17+/m1/s1. The van der Waals surface area contributed by atoms with E-state index in [9.17, 15) is 14.4 Å². The third-order valence-electron chi connectivity index (χ3n) is 5.28. The summed E-state index contributed by atoms with van der Waals surface area (Å²) in [5.41, 5.74) is 1.39. The number of nitrogens with zero attached hydrogens (tertiary/aromatic N) is 1. The van der Waals surface area contributed by atoms with E-state index in [-0.39, 0.29) is 44.1 Å². The van der Waals surface area contributed by atoms with Crippen LogP contribution in [0.1, 0.15) is 35.3 Å². The number of Topliss-reactive ketones (excluding diaryl/α,β-unsaturated/α-hetero) is 1. The summed E-state index contributed by atoms with van der Waals surface area (Å²) in [6.07, 6.45) is 0.0915. The number of ketones is 1. The van der Waals surface area contributed by atoms with Crippen molar-refractivity contribution in [2.45, 2.75) is 19.4 Å². The zero-order chi connectivity index (χ0) is 20.4. The van der Waals surface area contributed by atoms with Crippen molar-refractivity contribution in [3.63, 3.8) is 0 Å². The Balaban J connectivity index is 1.33. The van der Waals surface area contributed by atoms with Gasteiger partial charge in [-0.2, -0.15) is 0 Å². The minimum Gasteiger partial charge on any atom is -0.457 e. The molecule has 150 valence electrons. The highest BCUT2D eigenvalue weighted by Crippen LogP contribution is 2.33. The molecule has 0 saturated carbocycles. The van der Waals surface area contributed by atoms with Crippen LogP contribution in [0, 0.1) is 5.92 Å². The highest BCUT2D eigenvalue weighted by Gasteiger charge is 2.38. The lowest BCUT2D eigenvalue weighted by Gasteiger charge is -2.25. The molecule has 29 heavy (non-hydrogen) atoms. The number of benzene rings is 2. The molecule has 1 saturated heterocycles. The van der Waals surface area contributed by atoms with Crippen molar-refractivity contribution in [3.05, 3.63) is 59.7 Å². The molecule has 0 N–H and O–H groups in total. The summed E-state index contributed by atoms with van der Waals surface area (Å²) in [5.74, 6) is -0.459. The van der Waals surface area contributed by atoms with Crippen LogP contribution in [-0.4, -0.2) is 42.5 Å². The van der Waals surface area contributed by atoms with Gasteiger partial charge in [0.1, 0.15) is 0 Å². The molecule has 2 aliphatic heterocycles. The van der Waals surface area contributed by atoms with Crippen LogP contribution in [0.3, 0.4) is 0 Å². The number of fused-ring (bicyclic) bond motifs is 1. The normalized spacial score (nSPS) is 18.6. The number of likely N-dealkylation sites (tertiary alicyclic amines) is 1. The molecule has 0 radical (unpaired) electrons. The average Bonchev–Trinajstić information content (AvgIpc) is 3.37. The van der Waals surface area contributed by atoms with Crippen molar-refractivity contribution >= 4 is 17.7 Å². The zero-order valence-corrected chi connectivity index (χ0v) is 16.0. The Labute approximate surface area is 168 Å². The number of hydrogen-bond acceptors (Lipinski definition) is 6. The van der Waals surface area contributed by atoms with Crippen LogP contribution < -0.4 is 9.47 Å². The van der Waals surface area contributed by atoms with Crippen molar-refractivity contribution in [3.8, 4) is 11.5 Å². The molecule has 7 nitrogen and oxygen atoms in total. The predicted molar refractivity (Wildman–Crippen MR) is 103 cm³/mol. The molecule has 0 aliphatic carbocycles. The highest BCUT2D eigenvalue weighted by molar-refractivity contribution is 5.99. The summed E-state index contributed by atoms with van der Waals surface area (Å²) in [6.45, 7) is 1.96. The molecule has 1 fully saturated rings. The predicted octanol–water partition coefficient (Wildman–Crippen LogP) is 2.75. The van der Waals surface area contributed by atoms with Crippen LogP contribution >= 0.6 is 0 Å². The first-order chi connectivity index (χ1) is 14.0. The van der Waals surface area contributed by atoms with E-state index >= 15 is 0 Å². The van der Waals surface area contributed by atoms with Gasteiger partial charge in [-0.1, -0.05) is 30.3 Å². The third kappa shape index (κ3) is 3.94. The van der Waals surface area contributed by atoms with Gasteiger partial charge in [0.05, 0.1) is 12.0 Å². The molecular formula is C22H21NO6. The average molecular weight is 395 g/mol. The van der Waals surface area contributed by atoms with Crippen molar-refractivity contribution in [1.82, 2.24) is 4.90 Å². The van der Waals surface area contributed by atoms with Gasteiger partial charge in [0.2, 0.25) is 12.7 Å². The Hall–Kier alpha value is -3.35. The fourth-order valence-electron chi connectivity index (χ4n) is 3.58. The van der Waals surface area contributed by atoms with Crippen LogP contribution in [0.2, 0.25) is 0 Å². The number of ether oxygens (including phenoxy) is 3. The first-order valence-corrected chi connectivity index (χ1v) is 9.47. The molecule has 2 aliphatic rings. The third-order valence-corrected chi connectivity index (χ3v) is 5.28. The first kappa shape index (κ1) is 19.0. The molecule has 0 bridgehead atoms. The van der Waals surface area contributed by atoms with Crippen molar-refractivity contribution in [1.29, 1.82) is 0 Å². The van der Waals surface area contributed by atoms with E-state index in [1.165, 1.54) is 0 Å². The summed E-state index contributed by atoms with van der Waals surface area (Å²) in [4.78, 5) is 38.8. The summed E-state index contributed by atoms with van der Waals surface area (Å²) in [5, 5.41) is 0. The van der Waals surface area contributed by atoms with Gasteiger partial charge in [-0.15, -0.1) is 0 Å². The summed E-state index contributed by atoms with van der Waals surface area (Å²) in [7, 11) is 0. The SMILES string of the molecule is C[C@H](c1ccccc1)N1C[C@@H](C(=O)OCC(=O)c2ccc3c(c2)OCO3)CC1=O. The van der Waals surface area contributed by atoms with Crippen LogP contribution in [0.5, 0.6) is 11.5 Å². The van der Waals surface area contributed by atoms with E-state index < -0.39 is 11.9 Å². The minimum atomic E-state index is -0.571. The van der Waals surface area contributed by atoms with E-state index in [4.69, 9.17) is 14.2 Å².